The largest absolute Gasteiger partial charge is 0.478 e. The number of pyridine rings is 2. The van der Waals surface area contributed by atoms with Gasteiger partial charge in [0, 0.05) is 18.4 Å². The van der Waals surface area contributed by atoms with Crippen molar-refractivity contribution in [3.8, 4) is 0 Å². The van der Waals surface area contributed by atoms with E-state index in [0.717, 1.165) is 11.4 Å². The first-order valence-electron chi connectivity index (χ1n) is 6.58. The number of rotatable bonds is 5. The summed E-state index contributed by atoms with van der Waals surface area (Å²) in [5, 5.41) is 9.28. The van der Waals surface area contributed by atoms with Gasteiger partial charge in [-0.1, -0.05) is 17.7 Å². The number of hydrogen-bond donors (Lipinski definition) is 1. The maximum absolute atomic E-state index is 11.1. The van der Waals surface area contributed by atoms with Crippen molar-refractivity contribution in [3.05, 3.63) is 52.4 Å². The SMILES string of the molecule is CCN(Cc1cccc(C)n1)c1nccc(C(=O)O)c1Cl. The quantitative estimate of drug-likeness (QED) is 0.919. The summed E-state index contributed by atoms with van der Waals surface area (Å²) in [6.07, 6.45) is 1.46. The number of anilines is 1. The molecule has 0 spiro atoms. The van der Waals surface area contributed by atoms with E-state index in [2.05, 4.69) is 9.97 Å². The Hall–Kier alpha value is -2.14. The summed E-state index contributed by atoms with van der Waals surface area (Å²) in [5.74, 6) is -0.601. The highest BCUT2D eigenvalue weighted by atomic mass is 35.5. The van der Waals surface area contributed by atoms with Crippen LogP contribution < -0.4 is 4.90 Å². The highest BCUT2D eigenvalue weighted by Crippen LogP contribution is 2.27. The monoisotopic (exact) mass is 305 g/mol. The first-order valence-corrected chi connectivity index (χ1v) is 6.96. The molecule has 2 aromatic rings. The van der Waals surface area contributed by atoms with E-state index < -0.39 is 5.97 Å². The second-order valence-corrected chi connectivity index (χ2v) is 4.96. The lowest BCUT2D eigenvalue weighted by Gasteiger charge is -2.23. The molecule has 0 aliphatic heterocycles. The van der Waals surface area contributed by atoms with Gasteiger partial charge in [0.1, 0.15) is 5.82 Å². The van der Waals surface area contributed by atoms with Gasteiger partial charge in [0.05, 0.1) is 22.8 Å². The number of nitrogens with zero attached hydrogens (tertiary/aromatic N) is 3. The Kier molecular flexibility index (Phi) is 4.75. The molecule has 21 heavy (non-hydrogen) atoms. The Balaban J connectivity index is 2.34. The van der Waals surface area contributed by atoms with Crippen LogP contribution in [-0.4, -0.2) is 27.6 Å². The summed E-state index contributed by atoms with van der Waals surface area (Å²) in [6, 6.07) is 7.18. The lowest BCUT2D eigenvalue weighted by Crippen LogP contribution is -2.24. The van der Waals surface area contributed by atoms with Crippen molar-refractivity contribution in [3.63, 3.8) is 0 Å². The van der Waals surface area contributed by atoms with Gasteiger partial charge in [-0.2, -0.15) is 0 Å². The predicted octanol–water partition coefficient (Wildman–Crippen LogP) is 3.16. The van der Waals surface area contributed by atoms with Crippen LogP contribution in [0.25, 0.3) is 0 Å². The summed E-state index contributed by atoms with van der Waals surface area (Å²) >= 11 is 6.17. The van der Waals surface area contributed by atoms with E-state index in [0.29, 0.717) is 18.9 Å². The third kappa shape index (κ3) is 3.49. The van der Waals surface area contributed by atoms with Gasteiger partial charge in [-0.15, -0.1) is 0 Å². The molecule has 5 nitrogen and oxygen atoms in total. The Labute approximate surface area is 128 Å². The van der Waals surface area contributed by atoms with E-state index in [1.165, 1.54) is 12.3 Å². The molecule has 0 unspecified atom stereocenters. The smallest absolute Gasteiger partial charge is 0.337 e. The van der Waals surface area contributed by atoms with E-state index in [-0.39, 0.29) is 10.6 Å². The topological polar surface area (TPSA) is 66.3 Å². The number of halogens is 1. The first kappa shape index (κ1) is 15.3. The fourth-order valence-corrected chi connectivity index (χ4v) is 2.35. The maximum atomic E-state index is 11.1. The van der Waals surface area contributed by atoms with E-state index in [1.54, 1.807) is 0 Å². The van der Waals surface area contributed by atoms with Crippen LogP contribution in [0.4, 0.5) is 5.82 Å². The van der Waals surface area contributed by atoms with Gasteiger partial charge in [-0.05, 0) is 32.0 Å². The zero-order valence-corrected chi connectivity index (χ0v) is 12.6. The van der Waals surface area contributed by atoms with Gasteiger partial charge >= 0.3 is 5.97 Å². The molecule has 1 N–H and O–H groups in total. The van der Waals surface area contributed by atoms with Gasteiger partial charge in [0.2, 0.25) is 0 Å². The number of aromatic carboxylic acids is 1. The molecule has 110 valence electrons. The number of aromatic nitrogens is 2. The normalized spacial score (nSPS) is 10.4. The maximum Gasteiger partial charge on any atom is 0.337 e. The van der Waals surface area contributed by atoms with Crippen LogP contribution in [0.5, 0.6) is 0 Å². The van der Waals surface area contributed by atoms with Crippen molar-refractivity contribution in [2.24, 2.45) is 0 Å². The number of carboxylic acids is 1. The van der Waals surface area contributed by atoms with E-state index in [1.807, 2.05) is 36.9 Å². The van der Waals surface area contributed by atoms with E-state index in [9.17, 15) is 4.79 Å². The standard InChI is InChI=1S/C15H16ClN3O2/c1-3-19(9-11-6-4-5-10(2)18-11)14-13(16)12(15(20)21)7-8-17-14/h4-8H,3,9H2,1-2H3,(H,20,21). The van der Waals surface area contributed by atoms with Crippen LogP contribution >= 0.6 is 11.6 Å². The molecule has 0 saturated heterocycles. The molecule has 0 amide bonds. The van der Waals surface area contributed by atoms with Crippen molar-refractivity contribution >= 4 is 23.4 Å². The second kappa shape index (κ2) is 6.54. The zero-order valence-electron chi connectivity index (χ0n) is 11.9. The molecule has 0 saturated carbocycles. The minimum atomic E-state index is -1.06. The Morgan fingerprint density at radius 2 is 2.14 bits per heavy atom. The number of hydrogen-bond acceptors (Lipinski definition) is 4. The Bertz CT molecular complexity index is 661. The fourth-order valence-electron chi connectivity index (χ4n) is 2.04. The highest BCUT2D eigenvalue weighted by Gasteiger charge is 2.17. The molecular formula is C15H16ClN3O2. The molecule has 0 aromatic carbocycles. The summed E-state index contributed by atoms with van der Waals surface area (Å²) in [5.41, 5.74) is 1.87. The molecular weight excluding hydrogens is 290 g/mol. The van der Waals surface area contributed by atoms with Crippen molar-refractivity contribution in [1.29, 1.82) is 0 Å². The molecule has 6 heteroatoms. The first-order chi connectivity index (χ1) is 10.0. The average Bonchev–Trinajstić information content (AvgIpc) is 2.45. The van der Waals surface area contributed by atoms with Crippen LogP contribution in [0.15, 0.2) is 30.5 Å². The van der Waals surface area contributed by atoms with Crippen LogP contribution in [0, 0.1) is 6.92 Å². The average molecular weight is 306 g/mol. The zero-order chi connectivity index (χ0) is 15.4. The van der Waals surface area contributed by atoms with Gasteiger partial charge in [-0.3, -0.25) is 4.98 Å². The third-order valence-corrected chi connectivity index (χ3v) is 3.45. The summed E-state index contributed by atoms with van der Waals surface area (Å²) < 4.78 is 0. The number of carboxylic acid groups (broad SMARTS) is 1. The molecule has 0 fully saturated rings. The Morgan fingerprint density at radius 3 is 2.76 bits per heavy atom. The molecule has 2 aromatic heterocycles. The molecule has 2 rings (SSSR count). The van der Waals surface area contributed by atoms with Gasteiger partial charge in [-0.25, -0.2) is 9.78 Å². The number of carbonyl (C=O) groups is 1. The molecule has 0 radical (unpaired) electrons. The highest BCUT2D eigenvalue weighted by molar-refractivity contribution is 6.35. The summed E-state index contributed by atoms with van der Waals surface area (Å²) in [6.45, 7) is 5.05. The molecule has 0 aliphatic carbocycles. The molecule has 2 heterocycles. The van der Waals surface area contributed by atoms with Gasteiger partial charge < -0.3 is 10.0 Å². The van der Waals surface area contributed by atoms with E-state index in [4.69, 9.17) is 16.7 Å². The lowest BCUT2D eigenvalue weighted by atomic mass is 10.2. The summed E-state index contributed by atoms with van der Waals surface area (Å²) in [4.78, 5) is 21.7. The molecule has 0 atom stereocenters. The second-order valence-electron chi connectivity index (χ2n) is 4.59. The third-order valence-electron chi connectivity index (χ3n) is 3.08. The lowest BCUT2D eigenvalue weighted by molar-refractivity contribution is 0.0697. The van der Waals surface area contributed by atoms with E-state index >= 15 is 0 Å². The summed E-state index contributed by atoms with van der Waals surface area (Å²) in [7, 11) is 0. The van der Waals surface area contributed by atoms with Crippen molar-refractivity contribution in [1.82, 2.24) is 9.97 Å². The Morgan fingerprint density at radius 1 is 1.38 bits per heavy atom. The van der Waals surface area contributed by atoms with Gasteiger partial charge in [0.25, 0.3) is 0 Å². The van der Waals surface area contributed by atoms with Crippen molar-refractivity contribution in [2.75, 3.05) is 11.4 Å². The molecule has 0 aliphatic rings. The van der Waals surface area contributed by atoms with Crippen molar-refractivity contribution < 1.29 is 9.90 Å². The fraction of sp³-hybridized carbons (Fsp3) is 0.267. The van der Waals surface area contributed by atoms with Gasteiger partial charge in [0.15, 0.2) is 0 Å². The molecule has 0 bridgehead atoms. The van der Waals surface area contributed by atoms with Crippen LogP contribution in [-0.2, 0) is 6.54 Å². The predicted molar refractivity (Wildman–Crippen MR) is 81.9 cm³/mol. The van der Waals surface area contributed by atoms with Crippen LogP contribution in [0.2, 0.25) is 5.02 Å². The minimum absolute atomic E-state index is 0.0531. The number of aryl methyl sites for hydroxylation is 1. The van der Waals surface area contributed by atoms with Crippen LogP contribution in [0.3, 0.4) is 0 Å². The van der Waals surface area contributed by atoms with Crippen molar-refractivity contribution in [2.45, 2.75) is 20.4 Å². The minimum Gasteiger partial charge on any atom is -0.478 e. The van der Waals surface area contributed by atoms with Crippen LogP contribution in [0.1, 0.15) is 28.7 Å².